The molecule has 0 aliphatic heterocycles. The smallest absolute Gasteiger partial charge is 0.731 e. The molecule has 10 aromatic carbocycles. The van der Waals surface area contributed by atoms with Gasteiger partial charge in [0.15, 0.2) is 11.8 Å². The summed E-state index contributed by atoms with van der Waals surface area (Å²) >= 11 is 0. The molecule has 0 N–H and O–H groups in total. The van der Waals surface area contributed by atoms with Crippen molar-refractivity contribution < 1.29 is 39.0 Å². The molecule has 0 heterocycles. The Kier molecular flexibility index (Phi) is 29.7. The summed E-state index contributed by atoms with van der Waals surface area (Å²) in [6.07, 6.45) is 11.8. The minimum atomic E-state index is -0.847. The Morgan fingerprint density at radius 2 is 0.412 bits per heavy atom. The molecule has 0 nitrogen and oxygen atoms in total. The molecule has 0 aromatic heterocycles. The predicted molar refractivity (Wildman–Crippen MR) is 357 cm³/mol. The van der Waals surface area contributed by atoms with Crippen LogP contribution in [0.3, 0.4) is 0 Å². The van der Waals surface area contributed by atoms with Gasteiger partial charge in [-0.3, -0.25) is 0 Å². The van der Waals surface area contributed by atoms with Crippen molar-refractivity contribution in [2.45, 2.75) is 69.2 Å². The monoisotopic (exact) mass is 1290 g/mol. The van der Waals surface area contributed by atoms with E-state index in [0.717, 1.165) is 0 Å². The van der Waals surface area contributed by atoms with Crippen molar-refractivity contribution in [2.75, 3.05) is 11.8 Å². The maximum atomic E-state index is 5.90. The standard InChI is InChI=1S/2C25H22P2.2C10H15.C4.2Ru/c2*1-5-13-22(14-6-1)26(23-15-7-2-8-16-23)21-27(24-17-9-3-10-18-24)25-19-11-4-12-20-25;2*1-6-7(2)9(4)10(5)8(6)3;1-3-4-2;;/h2*1-20H,21H2;2*1-5H3;;;/q;;-5;-1;-2;2*+6/p+4. The van der Waals surface area contributed by atoms with Gasteiger partial charge in [-0.1, -0.05) is 180 Å². The maximum Gasteiger partial charge on any atom is 6.00 e. The fourth-order valence-corrected chi connectivity index (χ4v) is 25.2. The van der Waals surface area contributed by atoms with Crippen LogP contribution in [0.15, 0.2) is 243 Å². The molecule has 0 spiro atoms. The van der Waals surface area contributed by atoms with Gasteiger partial charge in [0.05, 0.1) is 0 Å². The van der Waals surface area contributed by atoms with Gasteiger partial charge in [0.2, 0.25) is 0 Å². The minimum Gasteiger partial charge on any atom is -0.731 e. The molecule has 402 valence electrons. The molecule has 0 aliphatic carbocycles. The summed E-state index contributed by atoms with van der Waals surface area (Å²) in [7, 11) is -3.39. The van der Waals surface area contributed by atoms with Crippen LogP contribution < -0.4 is 42.4 Å². The number of benzene rings is 8. The third-order valence-corrected chi connectivity index (χ3v) is 29.3. The molecular weight excluding hydrogens is 1210 g/mol. The van der Waals surface area contributed by atoms with E-state index in [-0.39, 0.29) is 39.0 Å². The molecule has 10 rings (SSSR count). The molecule has 0 radical (unpaired) electrons. The average Bonchev–Trinajstić information content (AvgIpc) is 3.78. The van der Waals surface area contributed by atoms with Crippen molar-refractivity contribution in [2.24, 2.45) is 0 Å². The zero-order chi connectivity index (χ0) is 55.8. The van der Waals surface area contributed by atoms with Gasteiger partial charge >= 0.3 is 39.0 Å². The summed E-state index contributed by atoms with van der Waals surface area (Å²) in [6, 6.07) is 88.9. The first-order valence-corrected chi connectivity index (χ1v) is 33.8. The third kappa shape index (κ3) is 19.1. The van der Waals surface area contributed by atoms with Crippen LogP contribution in [-0.4, -0.2) is 11.8 Å². The Bertz CT molecular complexity index is 2690. The SMILES string of the molecule is C[c-]1[c-](C)[c-](C)[c-](C)[c-]1C.Cc1c(C)c(C)[c-](C)c1C.[C-]#CC#[C-].[Ru+6].[Ru+6].c1ccc([PH+](C[PH+](c2ccccc2)c2ccccc2)c2ccccc2)cc1.c1ccc([PH+](C[PH+](c2ccccc2)c2ccccc2)c2ccccc2)cc1. The van der Waals surface area contributed by atoms with Crippen LogP contribution in [0.1, 0.15) is 55.6 Å². The van der Waals surface area contributed by atoms with Crippen LogP contribution in [0, 0.1) is 93.9 Å². The molecule has 80 heavy (non-hydrogen) atoms. The van der Waals surface area contributed by atoms with Gasteiger partial charge in [0.1, 0.15) is 74.1 Å². The molecular formula is C74H78P4Ru2+8. The second-order valence-corrected chi connectivity index (χ2v) is 31.0. The molecule has 0 fully saturated rings. The summed E-state index contributed by atoms with van der Waals surface area (Å²) in [5.41, 5.74) is 14.7. The summed E-state index contributed by atoms with van der Waals surface area (Å²) in [4.78, 5) is 0. The van der Waals surface area contributed by atoms with E-state index < -0.39 is 31.7 Å². The largest absolute Gasteiger partial charge is 6.00 e. The van der Waals surface area contributed by atoms with Crippen molar-refractivity contribution in [1.29, 1.82) is 0 Å². The van der Waals surface area contributed by atoms with Crippen molar-refractivity contribution in [3.63, 3.8) is 0 Å². The third-order valence-electron chi connectivity index (χ3n) is 15.4. The molecule has 0 aliphatic rings. The first-order chi connectivity index (χ1) is 37.9. The first kappa shape index (κ1) is 67.1. The van der Waals surface area contributed by atoms with Gasteiger partial charge in [-0.05, 0) is 97.1 Å². The Hall–Kier alpha value is -5.45. The summed E-state index contributed by atoms with van der Waals surface area (Å²) in [5.74, 6) is 5.69. The van der Waals surface area contributed by atoms with Gasteiger partial charge in [-0.25, -0.2) is 34.6 Å². The van der Waals surface area contributed by atoms with Crippen molar-refractivity contribution in [3.05, 3.63) is 311 Å². The molecule has 0 atom stereocenters. The minimum absolute atomic E-state index is 0. The summed E-state index contributed by atoms with van der Waals surface area (Å²) < 4.78 is 0. The fourth-order valence-electron chi connectivity index (χ4n) is 9.76. The average molecular weight is 1290 g/mol. The summed E-state index contributed by atoms with van der Waals surface area (Å²) in [5, 5.41) is 12.0. The quantitative estimate of drug-likeness (QED) is 0.0495. The second-order valence-electron chi connectivity index (χ2n) is 19.7. The zero-order valence-electron chi connectivity index (χ0n) is 48.2. The zero-order valence-corrected chi connectivity index (χ0v) is 55.7. The Morgan fingerprint density at radius 3 is 0.512 bits per heavy atom. The van der Waals surface area contributed by atoms with Crippen LogP contribution in [0.25, 0.3) is 0 Å². The molecule has 0 bridgehead atoms. The normalized spacial score (nSPS) is 10.2. The topological polar surface area (TPSA) is 0 Å². The van der Waals surface area contributed by atoms with Crippen molar-refractivity contribution in [1.82, 2.24) is 0 Å². The van der Waals surface area contributed by atoms with Crippen LogP contribution >= 0.6 is 31.7 Å². The molecule has 0 amide bonds. The molecule has 10 aromatic rings. The first-order valence-electron chi connectivity index (χ1n) is 26.9. The number of hydrogen-bond acceptors (Lipinski definition) is 0. The molecule has 6 heteroatoms. The summed E-state index contributed by atoms with van der Waals surface area (Å²) in [6.45, 7) is 22.0. The molecule has 0 unspecified atom stereocenters. The van der Waals surface area contributed by atoms with Crippen molar-refractivity contribution >= 4 is 74.1 Å². The van der Waals surface area contributed by atoms with Crippen LogP contribution in [0.5, 0.6) is 0 Å². The molecule has 0 saturated carbocycles. The van der Waals surface area contributed by atoms with Crippen LogP contribution in [0.4, 0.5) is 0 Å². The maximum absolute atomic E-state index is 5.90. The fraction of sp³-hybridized carbons (Fsp3) is 0.162. The Morgan fingerprint density at radius 1 is 0.275 bits per heavy atom. The van der Waals surface area contributed by atoms with E-state index in [2.05, 4.69) is 312 Å². The second kappa shape index (κ2) is 35.4. The Balaban J connectivity index is 0.000000242. The van der Waals surface area contributed by atoms with Gasteiger partial charge < -0.3 is 52.5 Å². The van der Waals surface area contributed by atoms with Crippen molar-refractivity contribution in [3.8, 4) is 11.8 Å². The van der Waals surface area contributed by atoms with Gasteiger partial charge in [0.25, 0.3) is 0 Å². The van der Waals surface area contributed by atoms with Gasteiger partial charge in [-0.15, -0.1) is 0 Å². The van der Waals surface area contributed by atoms with Gasteiger partial charge in [-0.2, -0.15) is 27.8 Å². The number of rotatable bonds is 12. The van der Waals surface area contributed by atoms with E-state index in [1.807, 2.05) is 0 Å². The van der Waals surface area contributed by atoms with E-state index in [1.54, 1.807) is 11.8 Å². The van der Waals surface area contributed by atoms with Crippen LogP contribution in [-0.2, 0) is 39.0 Å². The van der Waals surface area contributed by atoms with Crippen LogP contribution in [0.2, 0.25) is 0 Å². The number of hydrogen-bond donors (Lipinski definition) is 0. The van der Waals surface area contributed by atoms with E-state index >= 15 is 0 Å². The van der Waals surface area contributed by atoms with Gasteiger partial charge in [0, 0.05) is 0 Å². The van der Waals surface area contributed by atoms with E-state index in [4.69, 9.17) is 12.8 Å². The van der Waals surface area contributed by atoms with E-state index in [0.29, 0.717) is 0 Å². The molecule has 0 saturated heterocycles. The Labute approximate surface area is 513 Å². The predicted octanol–water partition coefficient (Wildman–Crippen LogP) is 15.4. The van der Waals surface area contributed by atoms with E-state index in [1.165, 1.54) is 110 Å². The van der Waals surface area contributed by atoms with E-state index in [9.17, 15) is 0 Å².